The lowest BCUT2D eigenvalue weighted by molar-refractivity contribution is -0.137. The van der Waals surface area contributed by atoms with E-state index in [9.17, 15) is 4.79 Å². The van der Waals surface area contributed by atoms with E-state index in [-0.39, 0.29) is 12.3 Å². The number of nitrogens with zero attached hydrogens (tertiary/aromatic N) is 2. The maximum atomic E-state index is 10.5. The van der Waals surface area contributed by atoms with E-state index in [0.717, 1.165) is 15.2 Å². The number of hydrogen-bond donors (Lipinski definition) is 1. The van der Waals surface area contributed by atoms with Crippen molar-refractivity contribution >= 4 is 27.5 Å². The minimum absolute atomic E-state index is 0.117. The standard InChI is InChI=1S/C11H12N2O2S/c1-7(5-11(14)15)4-10-13-8-6-12-3-2-9(8)16-10/h2-3,6-7H,4-5H2,1H3,(H,14,15). The second-order valence-electron chi connectivity index (χ2n) is 3.86. The number of aromatic nitrogens is 2. The summed E-state index contributed by atoms with van der Waals surface area (Å²) < 4.78 is 1.10. The van der Waals surface area contributed by atoms with Crippen LogP contribution >= 0.6 is 11.3 Å². The molecule has 0 saturated heterocycles. The molecule has 2 heterocycles. The van der Waals surface area contributed by atoms with Crippen molar-refractivity contribution in [1.82, 2.24) is 9.97 Å². The van der Waals surface area contributed by atoms with Gasteiger partial charge in [0.25, 0.3) is 0 Å². The molecule has 1 unspecified atom stereocenters. The van der Waals surface area contributed by atoms with Crippen molar-refractivity contribution in [3.05, 3.63) is 23.5 Å². The van der Waals surface area contributed by atoms with Crippen LogP contribution in [0.4, 0.5) is 0 Å². The molecule has 0 aliphatic rings. The van der Waals surface area contributed by atoms with Crippen LogP contribution in [0.5, 0.6) is 0 Å². The fourth-order valence-electron chi connectivity index (χ4n) is 1.58. The Balaban J connectivity index is 2.12. The van der Waals surface area contributed by atoms with Crippen LogP contribution in [-0.4, -0.2) is 21.0 Å². The number of hydrogen-bond acceptors (Lipinski definition) is 4. The second-order valence-corrected chi connectivity index (χ2v) is 4.97. The lowest BCUT2D eigenvalue weighted by Gasteiger charge is -2.04. The fourth-order valence-corrected chi connectivity index (χ4v) is 2.68. The highest BCUT2D eigenvalue weighted by Crippen LogP contribution is 2.23. The lowest BCUT2D eigenvalue weighted by atomic mass is 10.1. The summed E-state index contributed by atoms with van der Waals surface area (Å²) in [4.78, 5) is 19.0. The number of carbonyl (C=O) groups is 1. The maximum Gasteiger partial charge on any atom is 0.303 e. The van der Waals surface area contributed by atoms with Crippen molar-refractivity contribution in [2.24, 2.45) is 5.92 Å². The predicted molar refractivity (Wildman–Crippen MR) is 62.5 cm³/mol. The van der Waals surface area contributed by atoms with Crippen molar-refractivity contribution < 1.29 is 9.90 Å². The lowest BCUT2D eigenvalue weighted by Crippen LogP contribution is -2.06. The van der Waals surface area contributed by atoms with Gasteiger partial charge in [-0.25, -0.2) is 4.98 Å². The monoisotopic (exact) mass is 236 g/mol. The SMILES string of the molecule is CC(CC(=O)O)Cc1nc2cnccc2s1. The zero-order valence-electron chi connectivity index (χ0n) is 8.88. The van der Waals surface area contributed by atoms with Crippen LogP contribution in [-0.2, 0) is 11.2 Å². The van der Waals surface area contributed by atoms with Gasteiger partial charge in [0.2, 0.25) is 0 Å². The summed E-state index contributed by atoms with van der Waals surface area (Å²) in [6.07, 6.45) is 4.38. The van der Waals surface area contributed by atoms with E-state index in [0.29, 0.717) is 6.42 Å². The van der Waals surface area contributed by atoms with E-state index < -0.39 is 5.97 Å². The molecule has 2 aromatic rings. The quantitative estimate of drug-likeness (QED) is 0.885. The Kier molecular flexibility index (Phi) is 3.14. The highest BCUT2D eigenvalue weighted by Gasteiger charge is 2.11. The molecule has 0 aliphatic carbocycles. The molecular weight excluding hydrogens is 224 g/mol. The number of rotatable bonds is 4. The van der Waals surface area contributed by atoms with Crippen LogP contribution in [0.3, 0.4) is 0 Å². The van der Waals surface area contributed by atoms with Crippen molar-refractivity contribution in [3.8, 4) is 0 Å². The van der Waals surface area contributed by atoms with Gasteiger partial charge >= 0.3 is 5.97 Å². The zero-order valence-corrected chi connectivity index (χ0v) is 9.70. The van der Waals surface area contributed by atoms with Crippen LogP contribution in [0.25, 0.3) is 10.2 Å². The Labute approximate surface area is 97.0 Å². The van der Waals surface area contributed by atoms with Gasteiger partial charge in [-0.3, -0.25) is 9.78 Å². The van der Waals surface area contributed by atoms with Gasteiger partial charge in [0.1, 0.15) is 0 Å². The first-order valence-corrected chi connectivity index (χ1v) is 5.88. The molecule has 2 aromatic heterocycles. The van der Waals surface area contributed by atoms with Crippen molar-refractivity contribution in [3.63, 3.8) is 0 Å². The minimum Gasteiger partial charge on any atom is -0.481 e. The van der Waals surface area contributed by atoms with E-state index in [1.165, 1.54) is 0 Å². The third kappa shape index (κ3) is 2.55. The fraction of sp³-hybridized carbons (Fsp3) is 0.364. The number of carboxylic acid groups (broad SMARTS) is 1. The molecule has 5 heteroatoms. The van der Waals surface area contributed by atoms with Crippen molar-refractivity contribution in [2.75, 3.05) is 0 Å². The van der Waals surface area contributed by atoms with Gasteiger partial charge in [0.05, 0.1) is 21.4 Å². The normalized spacial score (nSPS) is 12.8. The Morgan fingerprint density at radius 2 is 2.44 bits per heavy atom. The molecule has 0 aromatic carbocycles. The summed E-state index contributed by atoms with van der Waals surface area (Å²) in [5.41, 5.74) is 0.894. The number of fused-ring (bicyclic) bond motifs is 1. The Morgan fingerprint density at radius 1 is 1.62 bits per heavy atom. The first-order valence-electron chi connectivity index (χ1n) is 5.06. The zero-order chi connectivity index (χ0) is 11.5. The van der Waals surface area contributed by atoms with Gasteiger partial charge in [-0.05, 0) is 12.0 Å². The Bertz CT molecular complexity index is 476. The molecule has 16 heavy (non-hydrogen) atoms. The second kappa shape index (κ2) is 4.57. The summed E-state index contributed by atoms with van der Waals surface area (Å²) in [5.74, 6) is -0.638. The summed E-state index contributed by atoms with van der Waals surface area (Å²) >= 11 is 1.61. The van der Waals surface area contributed by atoms with Gasteiger partial charge in [-0.15, -0.1) is 11.3 Å². The molecule has 0 radical (unpaired) electrons. The number of thiazole rings is 1. The maximum absolute atomic E-state index is 10.5. The van der Waals surface area contributed by atoms with E-state index in [2.05, 4.69) is 9.97 Å². The van der Waals surface area contributed by atoms with E-state index in [4.69, 9.17) is 5.11 Å². The molecule has 0 aliphatic heterocycles. The first-order chi connectivity index (χ1) is 7.65. The molecule has 0 spiro atoms. The van der Waals surface area contributed by atoms with E-state index >= 15 is 0 Å². The summed E-state index contributed by atoms with van der Waals surface area (Å²) in [6.45, 7) is 1.93. The molecule has 1 N–H and O–H groups in total. The minimum atomic E-state index is -0.754. The number of pyridine rings is 1. The van der Waals surface area contributed by atoms with Crippen LogP contribution in [0.15, 0.2) is 18.5 Å². The molecule has 0 fully saturated rings. The topological polar surface area (TPSA) is 63.1 Å². The molecule has 4 nitrogen and oxygen atoms in total. The van der Waals surface area contributed by atoms with Gasteiger partial charge in [0, 0.05) is 19.0 Å². The third-order valence-corrected chi connectivity index (χ3v) is 3.34. The third-order valence-electron chi connectivity index (χ3n) is 2.28. The van der Waals surface area contributed by atoms with Crippen molar-refractivity contribution in [2.45, 2.75) is 19.8 Å². The Hall–Kier alpha value is -1.49. The number of aliphatic carboxylic acids is 1. The summed E-state index contributed by atoms with van der Waals surface area (Å²) in [6, 6.07) is 1.93. The first kappa shape index (κ1) is 11.0. The molecule has 0 saturated carbocycles. The van der Waals surface area contributed by atoms with Gasteiger partial charge < -0.3 is 5.11 Å². The average Bonchev–Trinajstić information content (AvgIpc) is 2.57. The van der Waals surface area contributed by atoms with Crippen molar-refractivity contribution in [1.29, 1.82) is 0 Å². The van der Waals surface area contributed by atoms with E-state index in [1.807, 2.05) is 13.0 Å². The average molecular weight is 236 g/mol. The molecular formula is C11H12N2O2S. The van der Waals surface area contributed by atoms with Crippen LogP contribution in [0.1, 0.15) is 18.4 Å². The summed E-state index contributed by atoms with van der Waals surface area (Å²) in [5, 5.41) is 9.66. The van der Waals surface area contributed by atoms with Crippen LogP contribution < -0.4 is 0 Å². The number of carboxylic acids is 1. The largest absolute Gasteiger partial charge is 0.481 e. The molecule has 0 amide bonds. The summed E-state index contributed by atoms with van der Waals surface area (Å²) in [7, 11) is 0. The smallest absolute Gasteiger partial charge is 0.303 e. The predicted octanol–water partition coefficient (Wildman–Crippen LogP) is 2.34. The van der Waals surface area contributed by atoms with Gasteiger partial charge in [-0.2, -0.15) is 0 Å². The van der Waals surface area contributed by atoms with Gasteiger partial charge in [-0.1, -0.05) is 6.92 Å². The van der Waals surface area contributed by atoms with E-state index in [1.54, 1.807) is 23.7 Å². The molecule has 1 atom stereocenters. The van der Waals surface area contributed by atoms with Crippen LogP contribution in [0.2, 0.25) is 0 Å². The highest BCUT2D eigenvalue weighted by molar-refractivity contribution is 7.18. The Morgan fingerprint density at radius 3 is 3.12 bits per heavy atom. The molecule has 2 rings (SSSR count). The highest BCUT2D eigenvalue weighted by atomic mass is 32.1. The van der Waals surface area contributed by atoms with Gasteiger partial charge in [0.15, 0.2) is 0 Å². The molecule has 0 bridgehead atoms. The van der Waals surface area contributed by atoms with Crippen LogP contribution in [0, 0.1) is 5.92 Å². The molecule has 84 valence electrons.